The van der Waals surface area contributed by atoms with E-state index in [9.17, 15) is 5.11 Å². The molecule has 0 aliphatic rings. The minimum absolute atomic E-state index is 0.0275. The summed E-state index contributed by atoms with van der Waals surface area (Å²) >= 11 is 0. The van der Waals surface area contributed by atoms with Gasteiger partial charge in [-0.05, 0) is 19.8 Å². The summed E-state index contributed by atoms with van der Waals surface area (Å²) in [6.45, 7) is 7.22. The first-order valence-electron chi connectivity index (χ1n) is 5.99. The number of rotatable bonds is 9. The maximum absolute atomic E-state index is 9.44. The molecule has 0 spiro atoms. The first-order valence-corrected chi connectivity index (χ1v) is 5.99. The van der Waals surface area contributed by atoms with Gasteiger partial charge in [0.05, 0.1) is 6.04 Å². The molecule has 0 fully saturated rings. The Kier molecular flexibility index (Phi) is 7.93. The van der Waals surface area contributed by atoms with Crippen LogP contribution in [-0.2, 0) is 9.47 Å². The maximum atomic E-state index is 9.44. The quantitative estimate of drug-likeness (QED) is 0.591. The van der Waals surface area contributed by atoms with Gasteiger partial charge in [0.2, 0.25) is 0 Å². The fourth-order valence-electron chi connectivity index (χ4n) is 1.76. The molecule has 1 atom stereocenters. The number of ether oxygens (including phenoxy) is 2. The predicted octanol–water partition coefficient (Wildman–Crippen LogP) is 1.38. The van der Waals surface area contributed by atoms with Crippen LogP contribution in [0.3, 0.4) is 0 Å². The summed E-state index contributed by atoms with van der Waals surface area (Å²) in [5.41, 5.74) is -0.0275. The summed E-state index contributed by atoms with van der Waals surface area (Å²) in [7, 11) is 3.26. The van der Waals surface area contributed by atoms with Crippen molar-refractivity contribution in [3.8, 4) is 0 Å². The van der Waals surface area contributed by atoms with Gasteiger partial charge >= 0.3 is 0 Å². The highest BCUT2D eigenvalue weighted by atomic mass is 16.7. The van der Waals surface area contributed by atoms with E-state index in [2.05, 4.69) is 19.2 Å². The number of nitrogens with one attached hydrogen (secondary N) is 1. The second-order valence-corrected chi connectivity index (χ2v) is 4.37. The number of aliphatic hydroxyl groups is 1. The van der Waals surface area contributed by atoms with Crippen molar-refractivity contribution in [1.29, 1.82) is 0 Å². The molecule has 0 aromatic heterocycles. The lowest BCUT2D eigenvalue weighted by atomic mass is 9.83. The Hall–Kier alpha value is -0.160. The van der Waals surface area contributed by atoms with Crippen LogP contribution in [0.15, 0.2) is 0 Å². The molecule has 0 saturated heterocycles. The molecule has 0 rings (SSSR count). The molecular formula is C12H27NO3. The van der Waals surface area contributed by atoms with Gasteiger partial charge in [-0.25, -0.2) is 0 Å². The maximum Gasteiger partial charge on any atom is 0.171 e. The van der Waals surface area contributed by atoms with E-state index >= 15 is 0 Å². The zero-order chi connectivity index (χ0) is 12.6. The monoisotopic (exact) mass is 233 g/mol. The van der Waals surface area contributed by atoms with Crippen LogP contribution in [0.1, 0.15) is 33.6 Å². The van der Waals surface area contributed by atoms with Crippen molar-refractivity contribution in [2.24, 2.45) is 5.41 Å². The molecule has 1 unspecified atom stereocenters. The first-order chi connectivity index (χ1) is 7.59. The fraction of sp³-hybridized carbons (Fsp3) is 1.00. The highest BCUT2D eigenvalue weighted by Crippen LogP contribution is 2.24. The Labute approximate surface area is 99.3 Å². The van der Waals surface area contributed by atoms with Crippen molar-refractivity contribution in [2.75, 3.05) is 27.4 Å². The van der Waals surface area contributed by atoms with Crippen LogP contribution in [0.5, 0.6) is 0 Å². The van der Waals surface area contributed by atoms with Crippen molar-refractivity contribution in [3.05, 3.63) is 0 Å². The molecule has 98 valence electrons. The number of hydrogen-bond acceptors (Lipinski definition) is 4. The second kappa shape index (κ2) is 8.01. The summed E-state index contributed by atoms with van der Waals surface area (Å²) in [4.78, 5) is 0. The molecule has 0 aliphatic carbocycles. The molecule has 0 aliphatic heterocycles. The highest BCUT2D eigenvalue weighted by molar-refractivity contribution is 4.80. The van der Waals surface area contributed by atoms with Gasteiger partial charge in [-0.15, -0.1) is 0 Å². The second-order valence-electron chi connectivity index (χ2n) is 4.37. The van der Waals surface area contributed by atoms with Gasteiger partial charge in [-0.3, -0.25) is 0 Å². The van der Waals surface area contributed by atoms with E-state index in [0.717, 1.165) is 19.4 Å². The van der Waals surface area contributed by atoms with E-state index in [1.165, 1.54) is 0 Å². The van der Waals surface area contributed by atoms with Gasteiger partial charge in [0.1, 0.15) is 0 Å². The first kappa shape index (κ1) is 15.8. The van der Waals surface area contributed by atoms with Crippen LogP contribution >= 0.6 is 0 Å². The molecule has 0 bridgehead atoms. The smallest absolute Gasteiger partial charge is 0.171 e. The Bertz CT molecular complexity index is 159. The van der Waals surface area contributed by atoms with Gasteiger partial charge in [-0.1, -0.05) is 13.8 Å². The van der Waals surface area contributed by atoms with E-state index in [1.54, 1.807) is 14.2 Å². The normalized spacial score (nSPS) is 14.4. The Morgan fingerprint density at radius 3 is 2.00 bits per heavy atom. The standard InChI is InChI=1S/C12H27NO3/c1-6-12(7-2,9-14)8-13-10(3)11(15-4)16-5/h10-11,13-14H,6-9H2,1-5H3. The van der Waals surface area contributed by atoms with Crippen molar-refractivity contribution >= 4 is 0 Å². The predicted molar refractivity (Wildman–Crippen MR) is 65.4 cm³/mol. The summed E-state index contributed by atoms with van der Waals surface area (Å²) in [6.07, 6.45) is 1.68. The third-order valence-electron chi connectivity index (χ3n) is 3.51. The van der Waals surface area contributed by atoms with E-state index in [4.69, 9.17) is 9.47 Å². The van der Waals surface area contributed by atoms with Crippen LogP contribution in [-0.4, -0.2) is 44.8 Å². The molecule has 0 heterocycles. The molecule has 2 N–H and O–H groups in total. The van der Waals surface area contributed by atoms with Crippen LogP contribution in [0, 0.1) is 5.41 Å². The van der Waals surface area contributed by atoms with Crippen LogP contribution < -0.4 is 5.32 Å². The third-order valence-corrected chi connectivity index (χ3v) is 3.51. The van der Waals surface area contributed by atoms with E-state index in [0.29, 0.717) is 0 Å². The molecule has 0 saturated carbocycles. The largest absolute Gasteiger partial charge is 0.396 e. The molecule has 4 nitrogen and oxygen atoms in total. The van der Waals surface area contributed by atoms with Gasteiger partial charge in [0.25, 0.3) is 0 Å². The van der Waals surface area contributed by atoms with Crippen molar-refractivity contribution in [1.82, 2.24) is 5.32 Å². The van der Waals surface area contributed by atoms with Crippen LogP contribution in [0.2, 0.25) is 0 Å². The van der Waals surface area contributed by atoms with Crippen LogP contribution in [0.4, 0.5) is 0 Å². The third kappa shape index (κ3) is 4.37. The number of hydrogen-bond donors (Lipinski definition) is 2. The van der Waals surface area contributed by atoms with E-state index in [-0.39, 0.29) is 24.4 Å². The lowest BCUT2D eigenvalue weighted by molar-refractivity contribution is -0.121. The lowest BCUT2D eigenvalue weighted by Crippen LogP contribution is -2.46. The summed E-state index contributed by atoms with van der Waals surface area (Å²) in [6, 6.07) is 0.110. The summed E-state index contributed by atoms with van der Waals surface area (Å²) in [5, 5.41) is 12.8. The number of aliphatic hydroxyl groups excluding tert-OH is 1. The van der Waals surface area contributed by atoms with Crippen molar-refractivity contribution in [2.45, 2.75) is 45.9 Å². The zero-order valence-corrected chi connectivity index (χ0v) is 11.2. The minimum atomic E-state index is -0.245. The van der Waals surface area contributed by atoms with Crippen molar-refractivity contribution in [3.63, 3.8) is 0 Å². The summed E-state index contributed by atoms with van der Waals surface area (Å²) < 4.78 is 10.4. The average molecular weight is 233 g/mol. The van der Waals surface area contributed by atoms with E-state index in [1.807, 2.05) is 6.92 Å². The molecule has 0 aromatic rings. The van der Waals surface area contributed by atoms with Gasteiger partial charge in [-0.2, -0.15) is 0 Å². The van der Waals surface area contributed by atoms with Crippen molar-refractivity contribution < 1.29 is 14.6 Å². The Morgan fingerprint density at radius 1 is 1.19 bits per heavy atom. The Balaban J connectivity index is 4.19. The summed E-state index contributed by atoms with van der Waals surface area (Å²) in [5.74, 6) is 0. The topological polar surface area (TPSA) is 50.7 Å². The molecule has 4 heteroatoms. The zero-order valence-electron chi connectivity index (χ0n) is 11.2. The molecule has 0 aromatic carbocycles. The van der Waals surface area contributed by atoms with Gasteiger partial charge in [0, 0.05) is 32.8 Å². The van der Waals surface area contributed by atoms with Gasteiger partial charge in [0.15, 0.2) is 6.29 Å². The lowest BCUT2D eigenvalue weighted by Gasteiger charge is -2.32. The molecule has 16 heavy (non-hydrogen) atoms. The fourth-order valence-corrected chi connectivity index (χ4v) is 1.76. The highest BCUT2D eigenvalue weighted by Gasteiger charge is 2.27. The minimum Gasteiger partial charge on any atom is -0.396 e. The Morgan fingerprint density at radius 2 is 1.69 bits per heavy atom. The van der Waals surface area contributed by atoms with Crippen LogP contribution in [0.25, 0.3) is 0 Å². The number of methoxy groups -OCH3 is 2. The molecule has 0 radical (unpaired) electrons. The SMILES string of the molecule is CCC(CC)(CO)CNC(C)C(OC)OC. The molecular weight excluding hydrogens is 206 g/mol. The molecule has 0 amide bonds. The average Bonchev–Trinajstić information content (AvgIpc) is 2.33. The van der Waals surface area contributed by atoms with Gasteiger partial charge < -0.3 is 19.9 Å². The van der Waals surface area contributed by atoms with E-state index < -0.39 is 0 Å².